The Morgan fingerprint density at radius 2 is 2.04 bits per heavy atom. The zero-order valence-corrected chi connectivity index (χ0v) is 15.1. The summed E-state index contributed by atoms with van der Waals surface area (Å²) in [5.41, 5.74) is 5.93. The number of fused-ring (bicyclic) bond motifs is 1. The van der Waals surface area contributed by atoms with Gasteiger partial charge in [0.15, 0.2) is 18.0 Å². The first-order valence-electron chi connectivity index (χ1n) is 9.05. The number of nitrogens with one attached hydrogen (secondary N) is 1. The second kappa shape index (κ2) is 7.22. The van der Waals surface area contributed by atoms with Crippen LogP contribution in [0, 0.1) is 5.92 Å². The predicted molar refractivity (Wildman–Crippen MR) is 93.7 cm³/mol. The van der Waals surface area contributed by atoms with Crippen molar-refractivity contribution in [3.8, 4) is 11.5 Å². The Balaban J connectivity index is 2.01. The highest BCUT2D eigenvalue weighted by atomic mass is 16.5. The van der Waals surface area contributed by atoms with Gasteiger partial charge < -0.3 is 25.2 Å². The number of primary amides is 1. The Bertz CT molecular complexity index is 636. The van der Waals surface area contributed by atoms with E-state index in [0.717, 1.165) is 49.1 Å². The van der Waals surface area contributed by atoms with Crippen LogP contribution in [0.4, 0.5) is 0 Å². The number of rotatable bonds is 5. The largest absolute Gasteiger partial charge is 0.493 e. The van der Waals surface area contributed by atoms with Gasteiger partial charge in [0, 0.05) is 17.9 Å². The highest BCUT2D eigenvalue weighted by Crippen LogP contribution is 2.45. The van der Waals surface area contributed by atoms with Crippen LogP contribution in [0.2, 0.25) is 0 Å². The van der Waals surface area contributed by atoms with E-state index in [-0.39, 0.29) is 24.4 Å². The quantitative estimate of drug-likeness (QED) is 0.720. The van der Waals surface area contributed by atoms with Gasteiger partial charge >= 0.3 is 0 Å². The van der Waals surface area contributed by atoms with Crippen molar-refractivity contribution < 1.29 is 24.3 Å². The third-order valence-electron chi connectivity index (χ3n) is 5.95. The fourth-order valence-electron chi connectivity index (χ4n) is 4.79. The van der Waals surface area contributed by atoms with Crippen molar-refractivity contribution in [3.05, 3.63) is 23.8 Å². The molecule has 138 valence electrons. The molecule has 1 saturated heterocycles. The molecule has 6 heteroatoms. The number of likely N-dealkylation sites (tertiary alicyclic amines) is 1. The second-order valence-electron chi connectivity index (χ2n) is 7.35. The van der Waals surface area contributed by atoms with Crippen LogP contribution in [0.25, 0.3) is 0 Å². The standard InChI is InChI=1S/C19H28N2O4/c1-24-15-7-6-13(11-16(15)25-2)18-14-5-3-4-8-19(14,23)9-10-21(18)12-17(20)22/h6-7,11,14,18,23H,3-5,8-10,12H2,1-2H3,(H2,20,22)/p+1/t14-,18-,19-/m0/s1. The molecule has 2 aliphatic rings. The van der Waals surface area contributed by atoms with Crippen LogP contribution in [-0.4, -0.2) is 43.9 Å². The van der Waals surface area contributed by atoms with E-state index < -0.39 is 5.60 Å². The predicted octanol–water partition coefficient (Wildman–Crippen LogP) is 0.440. The van der Waals surface area contributed by atoms with Gasteiger partial charge in [0.2, 0.25) is 0 Å². The zero-order chi connectivity index (χ0) is 18.0. The summed E-state index contributed by atoms with van der Waals surface area (Å²) in [6, 6.07) is 5.93. The van der Waals surface area contributed by atoms with E-state index >= 15 is 0 Å². The van der Waals surface area contributed by atoms with Crippen molar-refractivity contribution in [2.75, 3.05) is 27.3 Å². The number of hydrogen-bond acceptors (Lipinski definition) is 4. The SMILES string of the molecule is COc1ccc([C@H]2[C@@H]3CCCC[C@]3(O)CC[NH+]2CC(N)=O)cc1OC. The first-order chi connectivity index (χ1) is 12.0. The average molecular weight is 349 g/mol. The zero-order valence-electron chi connectivity index (χ0n) is 15.1. The van der Waals surface area contributed by atoms with Crippen molar-refractivity contribution in [1.82, 2.24) is 0 Å². The molecule has 6 nitrogen and oxygen atoms in total. The number of nitrogens with two attached hydrogens (primary N) is 1. The van der Waals surface area contributed by atoms with Crippen molar-refractivity contribution in [3.63, 3.8) is 0 Å². The van der Waals surface area contributed by atoms with Crippen LogP contribution in [-0.2, 0) is 4.79 Å². The van der Waals surface area contributed by atoms with Gasteiger partial charge in [-0.2, -0.15) is 0 Å². The summed E-state index contributed by atoms with van der Waals surface area (Å²) in [5, 5.41) is 11.2. The minimum absolute atomic E-state index is 0.0337. The molecule has 1 aromatic rings. The fourth-order valence-corrected chi connectivity index (χ4v) is 4.79. The van der Waals surface area contributed by atoms with Gasteiger partial charge in [-0.3, -0.25) is 4.79 Å². The highest BCUT2D eigenvalue weighted by molar-refractivity contribution is 5.74. The number of methoxy groups -OCH3 is 2. The molecule has 0 bridgehead atoms. The van der Waals surface area contributed by atoms with Gasteiger partial charge in [0.1, 0.15) is 6.04 Å². The molecule has 3 rings (SSSR count). The lowest BCUT2D eigenvalue weighted by Crippen LogP contribution is -3.16. The molecule has 4 N–H and O–H groups in total. The van der Waals surface area contributed by atoms with Crippen LogP contribution < -0.4 is 20.1 Å². The molecular weight excluding hydrogens is 320 g/mol. The molecule has 1 unspecified atom stereocenters. The van der Waals surface area contributed by atoms with Crippen LogP contribution in [0.15, 0.2) is 18.2 Å². The van der Waals surface area contributed by atoms with Crippen molar-refractivity contribution in [1.29, 1.82) is 0 Å². The summed E-state index contributed by atoms with van der Waals surface area (Å²) in [7, 11) is 3.23. The van der Waals surface area contributed by atoms with Crippen molar-refractivity contribution >= 4 is 5.91 Å². The number of quaternary nitrogens is 1. The summed E-state index contributed by atoms with van der Waals surface area (Å²) in [4.78, 5) is 12.7. The van der Waals surface area contributed by atoms with E-state index in [1.165, 1.54) is 0 Å². The number of amides is 1. The maximum Gasteiger partial charge on any atom is 0.272 e. The number of ether oxygens (including phenoxy) is 2. The van der Waals surface area contributed by atoms with E-state index in [9.17, 15) is 9.90 Å². The Hall–Kier alpha value is -1.79. The van der Waals surface area contributed by atoms with E-state index in [0.29, 0.717) is 11.5 Å². The summed E-state index contributed by atoms with van der Waals surface area (Å²) < 4.78 is 10.8. The Morgan fingerprint density at radius 3 is 2.72 bits per heavy atom. The molecule has 0 spiro atoms. The van der Waals surface area contributed by atoms with Crippen LogP contribution in [0.1, 0.15) is 43.7 Å². The third-order valence-corrected chi connectivity index (χ3v) is 5.95. The molecule has 0 aromatic heterocycles. The van der Waals surface area contributed by atoms with Crippen LogP contribution >= 0.6 is 0 Å². The van der Waals surface area contributed by atoms with Gasteiger partial charge in [-0.1, -0.05) is 12.8 Å². The molecule has 4 atom stereocenters. The molecule has 0 radical (unpaired) electrons. The van der Waals surface area contributed by atoms with E-state index in [1.807, 2.05) is 18.2 Å². The summed E-state index contributed by atoms with van der Waals surface area (Å²) in [6.07, 6.45) is 4.71. The number of piperidine rings is 1. The van der Waals surface area contributed by atoms with E-state index in [2.05, 4.69) is 0 Å². The normalized spacial score (nSPS) is 31.9. The lowest BCUT2D eigenvalue weighted by molar-refractivity contribution is -0.937. The van der Waals surface area contributed by atoms with Gasteiger partial charge in [-0.25, -0.2) is 0 Å². The van der Waals surface area contributed by atoms with E-state index in [4.69, 9.17) is 15.2 Å². The molecule has 1 aromatic carbocycles. The molecule has 1 amide bonds. The van der Waals surface area contributed by atoms with E-state index in [1.54, 1.807) is 14.2 Å². The number of carbonyl (C=O) groups excluding carboxylic acids is 1. The second-order valence-corrected chi connectivity index (χ2v) is 7.35. The average Bonchev–Trinajstić information content (AvgIpc) is 2.60. The Labute approximate surface area is 148 Å². The summed E-state index contributed by atoms with van der Waals surface area (Å²) in [5.74, 6) is 1.17. The minimum Gasteiger partial charge on any atom is -0.493 e. The lowest BCUT2D eigenvalue weighted by atomic mass is 9.66. The maximum absolute atomic E-state index is 11.6. The van der Waals surface area contributed by atoms with Gasteiger partial charge in [0.25, 0.3) is 5.91 Å². The first kappa shape index (κ1) is 18.0. The molecule has 1 aliphatic carbocycles. The Morgan fingerprint density at radius 1 is 1.28 bits per heavy atom. The van der Waals surface area contributed by atoms with Crippen LogP contribution in [0.3, 0.4) is 0 Å². The van der Waals surface area contributed by atoms with Gasteiger partial charge in [0.05, 0.1) is 26.4 Å². The lowest BCUT2D eigenvalue weighted by Gasteiger charge is -2.50. The monoisotopic (exact) mass is 349 g/mol. The minimum atomic E-state index is -0.642. The topological polar surface area (TPSA) is 86.2 Å². The highest BCUT2D eigenvalue weighted by Gasteiger charge is 2.51. The fraction of sp³-hybridized carbons (Fsp3) is 0.632. The van der Waals surface area contributed by atoms with Crippen molar-refractivity contribution in [2.24, 2.45) is 11.7 Å². The van der Waals surface area contributed by atoms with Crippen molar-refractivity contribution in [2.45, 2.75) is 43.7 Å². The third kappa shape index (κ3) is 3.46. The smallest absolute Gasteiger partial charge is 0.272 e. The number of carbonyl (C=O) groups is 1. The Kier molecular flexibility index (Phi) is 5.20. The van der Waals surface area contributed by atoms with Gasteiger partial charge in [-0.15, -0.1) is 0 Å². The first-order valence-corrected chi connectivity index (χ1v) is 9.05. The molecule has 1 saturated carbocycles. The summed E-state index contributed by atoms with van der Waals surface area (Å²) >= 11 is 0. The number of benzene rings is 1. The maximum atomic E-state index is 11.6. The summed E-state index contributed by atoms with van der Waals surface area (Å²) in [6.45, 7) is 1.03. The molecule has 2 fully saturated rings. The molecular formula is C19H29N2O4+. The molecule has 25 heavy (non-hydrogen) atoms. The number of hydrogen-bond donors (Lipinski definition) is 3. The van der Waals surface area contributed by atoms with Gasteiger partial charge in [-0.05, 0) is 31.0 Å². The molecule has 1 heterocycles. The number of aliphatic hydroxyl groups is 1. The molecule has 1 aliphatic heterocycles. The van der Waals surface area contributed by atoms with Crippen LogP contribution in [0.5, 0.6) is 11.5 Å².